The highest BCUT2D eigenvalue weighted by Crippen LogP contribution is 2.31. The second kappa shape index (κ2) is 7.86. The lowest BCUT2D eigenvalue weighted by atomic mass is 9.97. The van der Waals surface area contributed by atoms with Crippen LogP contribution in [0.3, 0.4) is 0 Å². The number of ether oxygens (including phenoxy) is 1. The number of hydrogen-bond acceptors (Lipinski definition) is 5. The van der Waals surface area contributed by atoms with E-state index in [1.807, 2.05) is 0 Å². The van der Waals surface area contributed by atoms with E-state index < -0.39 is 27.9 Å². The molecule has 0 spiro atoms. The van der Waals surface area contributed by atoms with Crippen molar-refractivity contribution >= 4 is 15.9 Å². The quantitative estimate of drug-likeness (QED) is 0.740. The van der Waals surface area contributed by atoms with E-state index in [1.54, 1.807) is 4.90 Å². The van der Waals surface area contributed by atoms with Gasteiger partial charge in [-0.15, -0.1) is 0 Å². The molecular weight excluding hydrogens is 399 g/mol. The van der Waals surface area contributed by atoms with Crippen molar-refractivity contribution in [2.45, 2.75) is 31.5 Å². The Bertz CT molecular complexity index is 823. The Kier molecular flexibility index (Phi) is 5.85. The molecule has 0 radical (unpaired) electrons. The molecule has 0 aromatic carbocycles. The Balaban J connectivity index is 1.54. The number of aromatic nitrogens is 1. The van der Waals surface area contributed by atoms with Crippen molar-refractivity contribution in [3.05, 3.63) is 23.9 Å². The van der Waals surface area contributed by atoms with Gasteiger partial charge in [0.25, 0.3) is 0 Å². The number of alkyl halides is 3. The normalized spacial score (nSPS) is 22.4. The topological polar surface area (TPSA) is 79.8 Å². The van der Waals surface area contributed by atoms with Gasteiger partial charge >= 0.3 is 6.18 Å². The van der Waals surface area contributed by atoms with Crippen LogP contribution >= 0.6 is 0 Å². The Morgan fingerprint density at radius 3 is 2.50 bits per heavy atom. The van der Waals surface area contributed by atoms with Crippen LogP contribution in [-0.4, -0.2) is 67.1 Å². The SMILES string of the molecule is CS(=O)(=O)N1CCC(C(=O)N2CCC(Oc3cc(C(F)(F)F)ccn3)C2)CC1. The van der Waals surface area contributed by atoms with Gasteiger partial charge in [-0.1, -0.05) is 0 Å². The predicted molar refractivity (Wildman–Crippen MR) is 94.0 cm³/mol. The second-order valence-electron chi connectivity index (χ2n) is 7.13. The highest BCUT2D eigenvalue weighted by atomic mass is 32.2. The summed E-state index contributed by atoms with van der Waals surface area (Å²) in [5.41, 5.74) is -0.832. The van der Waals surface area contributed by atoms with Crippen molar-refractivity contribution in [3.8, 4) is 5.88 Å². The maximum Gasteiger partial charge on any atom is 0.416 e. The van der Waals surface area contributed by atoms with Gasteiger partial charge in [0.05, 0.1) is 18.4 Å². The van der Waals surface area contributed by atoms with Crippen LogP contribution in [0.1, 0.15) is 24.8 Å². The van der Waals surface area contributed by atoms with Crippen LogP contribution in [0.25, 0.3) is 0 Å². The number of nitrogens with zero attached hydrogens (tertiary/aromatic N) is 3. The molecule has 0 aliphatic carbocycles. The summed E-state index contributed by atoms with van der Waals surface area (Å²) in [6.45, 7) is 1.37. The molecule has 1 atom stereocenters. The average molecular weight is 421 g/mol. The molecule has 2 aliphatic heterocycles. The number of halogens is 3. The molecule has 3 heterocycles. The van der Waals surface area contributed by atoms with Gasteiger partial charge in [0.15, 0.2) is 0 Å². The van der Waals surface area contributed by atoms with Crippen molar-refractivity contribution in [2.75, 3.05) is 32.4 Å². The number of rotatable bonds is 4. The van der Waals surface area contributed by atoms with E-state index >= 15 is 0 Å². The van der Waals surface area contributed by atoms with Crippen molar-refractivity contribution in [3.63, 3.8) is 0 Å². The van der Waals surface area contributed by atoms with Crippen molar-refractivity contribution < 1.29 is 31.1 Å². The van der Waals surface area contributed by atoms with Gasteiger partial charge in [-0.05, 0) is 18.9 Å². The third-order valence-electron chi connectivity index (χ3n) is 5.08. The number of carbonyl (C=O) groups is 1. The molecule has 7 nitrogen and oxygen atoms in total. The highest BCUT2D eigenvalue weighted by Gasteiger charge is 2.36. The zero-order valence-electron chi connectivity index (χ0n) is 15.4. The first-order valence-electron chi connectivity index (χ1n) is 8.98. The van der Waals surface area contributed by atoms with E-state index in [0.717, 1.165) is 24.6 Å². The minimum Gasteiger partial charge on any atom is -0.472 e. The molecule has 1 unspecified atom stereocenters. The minimum atomic E-state index is -4.47. The lowest BCUT2D eigenvalue weighted by molar-refractivity contribution is -0.137. The number of amides is 1. The van der Waals surface area contributed by atoms with Crippen LogP contribution in [0.5, 0.6) is 5.88 Å². The predicted octanol–water partition coefficient (Wildman–Crippen LogP) is 1.75. The molecule has 2 saturated heterocycles. The summed E-state index contributed by atoms with van der Waals surface area (Å²) in [7, 11) is -3.25. The second-order valence-corrected chi connectivity index (χ2v) is 9.11. The average Bonchev–Trinajstić information content (AvgIpc) is 3.08. The van der Waals surface area contributed by atoms with E-state index in [2.05, 4.69) is 4.98 Å². The number of hydrogen-bond donors (Lipinski definition) is 0. The fourth-order valence-electron chi connectivity index (χ4n) is 3.54. The van der Waals surface area contributed by atoms with Gasteiger partial charge in [0.2, 0.25) is 21.8 Å². The van der Waals surface area contributed by atoms with Crippen LogP contribution in [-0.2, 0) is 21.0 Å². The van der Waals surface area contributed by atoms with Crippen molar-refractivity contribution in [2.24, 2.45) is 5.92 Å². The molecule has 1 aromatic rings. The Morgan fingerprint density at radius 2 is 1.89 bits per heavy atom. The molecule has 156 valence electrons. The molecule has 1 amide bonds. The third kappa shape index (κ3) is 4.93. The monoisotopic (exact) mass is 421 g/mol. The van der Waals surface area contributed by atoms with Crippen molar-refractivity contribution in [1.29, 1.82) is 0 Å². The Labute approximate surface area is 161 Å². The van der Waals surface area contributed by atoms with Crippen LogP contribution < -0.4 is 4.74 Å². The smallest absolute Gasteiger partial charge is 0.416 e. The largest absolute Gasteiger partial charge is 0.472 e. The molecule has 28 heavy (non-hydrogen) atoms. The molecule has 1 aromatic heterocycles. The van der Waals surface area contributed by atoms with E-state index in [0.29, 0.717) is 38.9 Å². The van der Waals surface area contributed by atoms with Crippen LogP contribution in [0, 0.1) is 5.92 Å². The van der Waals surface area contributed by atoms with E-state index in [9.17, 15) is 26.4 Å². The number of pyridine rings is 1. The first-order valence-corrected chi connectivity index (χ1v) is 10.8. The minimum absolute atomic E-state index is 0.0590. The van der Waals surface area contributed by atoms with Gasteiger partial charge in [0, 0.05) is 44.2 Å². The summed E-state index contributed by atoms with van der Waals surface area (Å²) >= 11 is 0. The van der Waals surface area contributed by atoms with E-state index in [-0.39, 0.29) is 24.2 Å². The number of likely N-dealkylation sites (tertiary alicyclic amines) is 1. The summed E-state index contributed by atoms with van der Waals surface area (Å²) in [6, 6.07) is 1.73. The standard InChI is InChI=1S/C17H22F3N3O4S/c1-28(25,26)23-8-3-12(4-9-23)16(24)22-7-5-14(11-22)27-15-10-13(2-6-21-15)17(18,19)20/h2,6,10,12,14H,3-5,7-9,11H2,1H3. The Morgan fingerprint density at radius 1 is 1.21 bits per heavy atom. The van der Waals surface area contributed by atoms with E-state index in [1.165, 1.54) is 4.31 Å². The molecule has 11 heteroatoms. The highest BCUT2D eigenvalue weighted by molar-refractivity contribution is 7.88. The fraction of sp³-hybridized carbons (Fsp3) is 0.647. The lowest BCUT2D eigenvalue weighted by Gasteiger charge is -2.31. The summed E-state index contributed by atoms with van der Waals surface area (Å²) in [5.74, 6) is -0.421. The molecule has 2 aliphatic rings. The molecule has 3 rings (SSSR count). The van der Waals surface area contributed by atoms with Gasteiger partial charge in [0.1, 0.15) is 6.10 Å². The van der Waals surface area contributed by atoms with E-state index in [4.69, 9.17) is 4.74 Å². The fourth-order valence-corrected chi connectivity index (χ4v) is 4.41. The van der Waals surface area contributed by atoms with Gasteiger partial charge in [-0.2, -0.15) is 13.2 Å². The molecule has 0 bridgehead atoms. The van der Waals surface area contributed by atoms with Gasteiger partial charge < -0.3 is 9.64 Å². The first-order chi connectivity index (χ1) is 13.0. The summed E-state index contributed by atoms with van der Waals surface area (Å²) < 4.78 is 68.4. The molecule has 0 saturated carbocycles. The molecular formula is C17H22F3N3O4S. The summed E-state index contributed by atoms with van der Waals surface area (Å²) in [4.78, 5) is 18.1. The Hall–Kier alpha value is -1.88. The maximum absolute atomic E-state index is 12.8. The number of carbonyl (C=O) groups excluding carboxylic acids is 1. The van der Waals surface area contributed by atoms with Crippen LogP contribution in [0.15, 0.2) is 18.3 Å². The van der Waals surface area contributed by atoms with Crippen LogP contribution in [0.4, 0.5) is 13.2 Å². The molecule has 2 fully saturated rings. The summed E-state index contributed by atoms with van der Waals surface area (Å²) in [5, 5.41) is 0. The maximum atomic E-state index is 12.8. The zero-order valence-corrected chi connectivity index (χ0v) is 16.2. The van der Waals surface area contributed by atoms with Gasteiger partial charge in [-0.25, -0.2) is 17.7 Å². The van der Waals surface area contributed by atoms with Crippen LogP contribution in [0.2, 0.25) is 0 Å². The lowest BCUT2D eigenvalue weighted by Crippen LogP contribution is -2.43. The number of sulfonamides is 1. The van der Waals surface area contributed by atoms with Crippen molar-refractivity contribution in [1.82, 2.24) is 14.2 Å². The first kappa shape index (κ1) is 20.8. The van der Waals surface area contributed by atoms with Gasteiger partial charge in [-0.3, -0.25) is 4.79 Å². The number of piperidine rings is 1. The summed E-state index contributed by atoms with van der Waals surface area (Å²) in [6.07, 6.45) is -1.26. The third-order valence-corrected chi connectivity index (χ3v) is 6.38. The zero-order chi connectivity index (χ0) is 20.5. The molecule has 0 N–H and O–H groups in total.